The van der Waals surface area contributed by atoms with Crippen LogP contribution in [0.15, 0.2) is 53.3 Å². The molecular weight excluding hydrogens is 358 g/mol. The largest absolute Gasteiger partial charge is 0.324 e. The number of anilines is 1. The Bertz CT molecular complexity index is 1240. The Kier molecular flexibility index (Phi) is 4.28. The van der Waals surface area contributed by atoms with Gasteiger partial charge in [0.1, 0.15) is 6.04 Å². The summed E-state index contributed by atoms with van der Waals surface area (Å²) in [6.07, 6.45) is 0. The number of hydrogen-bond donors (Lipinski definition) is 1. The first-order valence-electron chi connectivity index (χ1n) is 8.74. The first-order valence-corrected chi connectivity index (χ1v) is 9.56. The van der Waals surface area contributed by atoms with E-state index in [1.807, 2.05) is 62.4 Å². The van der Waals surface area contributed by atoms with Crippen molar-refractivity contribution in [3.8, 4) is 0 Å². The molecule has 2 aromatic carbocycles. The predicted molar refractivity (Wildman–Crippen MR) is 111 cm³/mol. The van der Waals surface area contributed by atoms with E-state index in [2.05, 4.69) is 10.4 Å². The predicted octanol–water partition coefficient (Wildman–Crippen LogP) is 4.43. The van der Waals surface area contributed by atoms with Crippen molar-refractivity contribution in [3.05, 3.63) is 70.1 Å². The van der Waals surface area contributed by atoms with Crippen molar-refractivity contribution >= 4 is 43.1 Å². The van der Waals surface area contributed by atoms with Gasteiger partial charge in [0.05, 0.1) is 15.8 Å². The highest BCUT2D eigenvalue weighted by atomic mass is 32.1. The molecule has 1 N–H and O–H groups in total. The van der Waals surface area contributed by atoms with Crippen LogP contribution in [0, 0.1) is 13.8 Å². The molecule has 1 atom stereocenters. The van der Waals surface area contributed by atoms with Crippen LogP contribution in [0.1, 0.15) is 24.2 Å². The molecule has 6 heteroatoms. The fourth-order valence-corrected chi connectivity index (χ4v) is 4.34. The number of para-hydroxylation sites is 1. The highest BCUT2D eigenvalue weighted by Gasteiger charge is 2.22. The highest BCUT2D eigenvalue weighted by Crippen LogP contribution is 2.32. The van der Waals surface area contributed by atoms with Crippen LogP contribution in [0.2, 0.25) is 0 Å². The van der Waals surface area contributed by atoms with Crippen molar-refractivity contribution in [1.29, 1.82) is 0 Å². The topological polar surface area (TPSA) is 64.0 Å². The average Bonchev–Trinajstić information content (AvgIpc) is 3.06. The molecule has 0 aliphatic heterocycles. The third-order valence-corrected chi connectivity index (χ3v) is 6.03. The number of amides is 1. The summed E-state index contributed by atoms with van der Waals surface area (Å²) in [5.41, 5.74) is 2.22. The minimum Gasteiger partial charge on any atom is -0.324 e. The zero-order valence-electron chi connectivity index (χ0n) is 15.3. The van der Waals surface area contributed by atoms with E-state index < -0.39 is 6.04 Å². The number of rotatable bonds is 3. The van der Waals surface area contributed by atoms with Gasteiger partial charge in [-0.3, -0.25) is 9.59 Å². The standard InChI is InChI=1S/C21H19N3O2S/c1-12-8-4-6-10-16(12)22-20(25)14(3)24-21(26)18-15-9-5-7-11-17(15)27-19(18)13(2)23-24/h4-11,14H,1-3H3,(H,22,25)/t14-/m0/s1. The Labute approximate surface area is 160 Å². The van der Waals surface area contributed by atoms with Gasteiger partial charge in [-0.1, -0.05) is 36.4 Å². The van der Waals surface area contributed by atoms with Gasteiger partial charge < -0.3 is 5.32 Å². The minimum absolute atomic E-state index is 0.236. The summed E-state index contributed by atoms with van der Waals surface area (Å²) >= 11 is 1.56. The molecule has 0 saturated carbocycles. The summed E-state index contributed by atoms with van der Waals surface area (Å²) in [5, 5.41) is 8.88. The van der Waals surface area contributed by atoms with E-state index in [1.165, 1.54) is 4.68 Å². The van der Waals surface area contributed by atoms with Crippen LogP contribution >= 0.6 is 11.3 Å². The number of carbonyl (C=O) groups excluding carboxylic acids is 1. The molecule has 2 aromatic heterocycles. The fourth-order valence-electron chi connectivity index (χ4n) is 3.20. The molecule has 0 aliphatic carbocycles. The number of nitrogens with zero attached hydrogens (tertiary/aromatic N) is 2. The van der Waals surface area contributed by atoms with Crippen LogP contribution in [-0.4, -0.2) is 15.7 Å². The second kappa shape index (κ2) is 6.63. The van der Waals surface area contributed by atoms with E-state index in [4.69, 9.17) is 0 Å². The Hall–Kier alpha value is -2.99. The minimum atomic E-state index is -0.723. The molecule has 0 aliphatic rings. The van der Waals surface area contributed by atoms with Crippen LogP contribution < -0.4 is 10.9 Å². The fraction of sp³-hybridized carbons (Fsp3) is 0.190. The lowest BCUT2D eigenvalue weighted by atomic mass is 10.1. The zero-order valence-corrected chi connectivity index (χ0v) is 16.1. The first kappa shape index (κ1) is 17.4. The van der Waals surface area contributed by atoms with Crippen molar-refractivity contribution in [3.63, 3.8) is 0 Å². The molecular formula is C21H19N3O2S. The Balaban J connectivity index is 1.80. The molecule has 4 aromatic rings. The number of hydrogen-bond acceptors (Lipinski definition) is 4. The smallest absolute Gasteiger partial charge is 0.276 e. The molecule has 0 spiro atoms. The monoisotopic (exact) mass is 377 g/mol. The highest BCUT2D eigenvalue weighted by molar-refractivity contribution is 7.26. The molecule has 2 heterocycles. The third kappa shape index (κ3) is 2.92. The normalized spacial score (nSPS) is 12.4. The molecule has 4 rings (SSSR count). The van der Waals surface area contributed by atoms with Crippen LogP contribution in [0.3, 0.4) is 0 Å². The quantitative estimate of drug-likeness (QED) is 0.574. The average molecular weight is 377 g/mol. The summed E-state index contributed by atoms with van der Waals surface area (Å²) in [6, 6.07) is 14.6. The van der Waals surface area contributed by atoms with Gasteiger partial charge in [-0.25, -0.2) is 4.68 Å². The number of carbonyl (C=O) groups is 1. The van der Waals surface area contributed by atoms with E-state index in [9.17, 15) is 9.59 Å². The van der Waals surface area contributed by atoms with Crippen molar-refractivity contribution in [2.75, 3.05) is 5.32 Å². The van der Waals surface area contributed by atoms with Gasteiger partial charge in [0.25, 0.3) is 5.56 Å². The van der Waals surface area contributed by atoms with Gasteiger partial charge >= 0.3 is 0 Å². The Morgan fingerprint density at radius 1 is 1.11 bits per heavy atom. The summed E-state index contributed by atoms with van der Waals surface area (Å²) in [4.78, 5) is 25.9. The van der Waals surface area contributed by atoms with Crippen molar-refractivity contribution in [2.45, 2.75) is 26.8 Å². The van der Waals surface area contributed by atoms with E-state index in [1.54, 1.807) is 18.3 Å². The van der Waals surface area contributed by atoms with Crippen molar-refractivity contribution in [1.82, 2.24) is 9.78 Å². The molecule has 0 radical (unpaired) electrons. The molecule has 0 bridgehead atoms. The van der Waals surface area contributed by atoms with Gasteiger partial charge in [0, 0.05) is 15.8 Å². The summed E-state index contributed by atoms with van der Waals surface area (Å²) in [5.74, 6) is -0.266. The lowest BCUT2D eigenvalue weighted by Gasteiger charge is -2.16. The maximum absolute atomic E-state index is 13.1. The Morgan fingerprint density at radius 3 is 2.59 bits per heavy atom. The Morgan fingerprint density at radius 2 is 1.81 bits per heavy atom. The molecule has 0 unspecified atom stereocenters. The second-order valence-electron chi connectivity index (χ2n) is 6.62. The van der Waals surface area contributed by atoms with E-state index in [-0.39, 0.29) is 11.5 Å². The summed E-state index contributed by atoms with van der Waals surface area (Å²) < 4.78 is 3.22. The molecule has 0 fully saturated rings. The van der Waals surface area contributed by atoms with Gasteiger partial charge in [-0.15, -0.1) is 11.3 Å². The molecule has 27 heavy (non-hydrogen) atoms. The van der Waals surface area contributed by atoms with E-state index >= 15 is 0 Å². The maximum Gasteiger partial charge on any atom is 0.276 e. The van der Waals surface area contributed by atoms with Gasteiger partial charge in [-0.2, -0.15) is 5.10 Å². The molecule has 5 nitrogen and oxygen atoms in total. The summed E-state index contributed by atoms with van der Waals surface area (Å²) in [6.45, 7) is 5.50. The maximum atomic E-state index is 13.1. The van der Waals surface area contributed by atoms with E-state index in [0.29, 0.717) is 5.39 Å². The van der Waals surface area contributed by atoms with Crippen LogP contribution in [0.4, 0.5) is 5.69 Å². The number of thiophene rings is 1. The number of benzene rings is 2. The number of fused-ring (bicyclic) bond motifs is 3. The molecule has 0 saturated heterocycles. The summed E-state index contributed by atoms with van der Waals surface area (Å²) in [7, 11) is 0. The van der Waals surface area contributed by atoms with Crippen molar-refractivity contribution < 1.29 is 4.79 Å². The van der Waals surface area contributed by atoms with Gasteiger partial charge in [-0.05, 0) is 38.5 Å². The van der Waals surface area contributed by atoms with Crippen LogP contribution in [-0.2, 0) is 4.79 Å². The SMILES string of the molecule is Cc1ccccc1NC(=O)[C@H](C)n1nc(C)c2sc3ccccc3c2c1=O. The van der Waals surface area contributed by atoms with E-state index in [0.717, 1.165) is 31.7 Å². The lowest BCUT2D eigenvalue weighted by Crippen LogP contribution is -2.34. The third-order valence-electron chi connectivity index (χ3n) is 4.75. The number of aryl methyl sites for hydroxylation is 2. The molecule has 1 amide bonds. The number of nitrogens with one attached hydrogen (secondary N) is 1. The van der Waals surface area contributed by atoms with Crippen molar-refractivity contribution in [2.24, 2.45) is 0 Å². The number of aromatic nitrogens is 2. The van der Waals surface area contributed by atoms with Gasteiger partial charge in [0.15, 0.2) is 0 Å². The lowest BCUT2D eigenvalue weighted by molar-refractivity contribution is -0.119. The van der Waals surface area contributed by atoms with Gasteiger partial charge in [0.2, 0.25) is 5.91 Å². The first-order chi connectivity index (χ1) is 13.0. The molecule has 136 valence electrons. The van der Waals surface area contributed by atoms with Crippen LogP contribution in [0.5, 0.6) is 0 Å². The zero-order chi connectivity index (χ0) is 19.1. The second-order valence-corrected chi connectivity index (χ2v) is 7.67. The van der Waals surface area contributed by atoms with Crippen LogP contribution in [0.25, 0.3) is 20.2 Å².